The molecule has 1 unspecified atom stereocenters. The summed E-state index contributed by atoms with van der Waals surface area (Å²) >= 11 is 5.91. The van der Waals surface area contributed by atoms with E-state index in [4.69, 9.17) is 16.3 Å². The molecule has 3 nitrogen and oxygen atoms in total. The standard InChI is InChI=1S/C12H19ClN2O/c1-9-5-12(11(6-13)7-14-9)15(3)10(2)8-16-4/h5,7,10H,6,8H2,1-4H3. The van der Waals surface area contributed by atoms with Gasteiger partial charge in [-0.2, -0.15) is 0 Å². The van der Waals surface area contributed by atoms with Crippen molar-refractivity contribution in [2.75, 3.05) is 25.7 Å². The Kier molecular flexibility index (Phi) is 5.03. The fourth-order valence-corrected chi connectivity index (χ4v) is 1.80. The van der Waals surface area contributed by atoms with E-state index in [1.54, 1.807) is 7.11 Å². The molecular weight excluding hydrogens is 224 g/mol. The highest BCUT2D eigenvalue weighted by atomic mass is 35.5. The molecular formula is C12H19ClN2O. The predicted molar refractivity (Wildman–Crippen MR) is 68.3 cm³/mol. The molecule has 0 spiro atoms. The minimum atomic E-state index is 0.314. The first-order chi connectivity index (χ1) is 7.60. The molecule has 0 aliphatic rings. The van der Waals surface area contributed by atoms with Crippen LogP contribution in [0.2, 0.25) is 0 Å². The molecule has 0 amide bonds. The van der Waals surface area contributed by atoms with Crippen molar-refractivity contribution in [1.29, 1.82) is 0 Å². The van der Waals surface area contributed by atoms with Gasteiger partial charge in [0.05, 0.1) is 12.5 Å². The van der Waals surface area contributed by atoms with E-state index in [0.717, 1.165) is 16.9 Å². The molecule has 0 saturated heterocycles. The number of aryl methyl sites for hydroxylation is 1. The van der Waals surface area contributed by atoms with Crippen LogP contribution >= 0.6 is 11.6 Å². The maximum atomic E-state index is 5.91. The van der Waals surface area contributed by atoms with Crippen LogP contribution in [0.3, 0.4) is 0 Å². The van der Waals surface area contributed by atoms with Crippen LogP contribution in [0.1, 0.15) is 18.2 Å². The lowest BCUT2D eigenvalue weighted by atomic mass is 10.2. The van der Waals surface area contributed by atoms with Crippen LogP contribution in [-0.4, -0.2) is 31.8 Å². The molecule has 0 aliphatic heterocycles. The molecule has 1 aromatic rings. The van der Waals surface area contributed by atoms with Crippen LogP contribution in [0.4, 0.5) is 5.69 Å². The first kappa shape index (κ1) is 13.3. The lowest BCUT2D eigenvalue weighted by Gasteiger charge is -2.28. The van der Waals surface area contributed by atoms with E-state index < -0.39 is 0 Å². The van der Waals surface area contributed by atoms with Gasteiger partial charge in [-0.15, -0.1) is 11.6 Å². The van der Waals surface area contributed by atoms with Gasteiger partial charge in [0, 0.05) is 43.3 Å². The van der Waals surface area contributed by atoms with Gasteiger partial charge in [-0.3, -0.25) is 4.98 Å². The predicted octanol–water partition coefficient (Wildman–Crippen LogP) is 2.60. The number of likely N-dealkylation sites (N-methyl/N-ethyl adjacent to an activating group) is 1. The van der Waals surface area contributed by atoms with Crippen molar-refractivity contribution in [2.45, 2.75) is 25.8 Å². The van der Waals surface area contributed by atoms with Crippen molar-refractivity contribution in [1.82, 2.24) is 4.98 Å². The Morgan fingerprint density at radius 2 is 2.25 bits per heavy atom. The third kappa shape index (κ3) is 3.09. The van der Waals surface area contributed by atoms with E-state index in [9.17, 15) is 0 Å². The number of rotatable bonds is 5. The molecule has 1 atom stereocenters. The SMILES string of the molecule is COCC(C)N(C)c1cc(C)ncc1CCl. The fraction of sp³-hybridized carbons (Fsp3) is 0.583. The summed E-state index contributed by atoms with van der Waals surface area (Å²) in [6.45, 7) is 4.80. The monoisotopic (exact) mass is 242 g/mol. The highest BCUT2D eigenvalue weighted by Gasteiger charge is 2.13. The van der Waals surface area contributed by atoms with Crippen LogP contribution in [0.15, 0.2) is 12.3 Å². The van der Waals surface area contributed by atoms with Crippen LogP contribution in [0.25, 0.3) is 0 Å². The molecule has 16 heavy (non-hydrogen) atoms. The lowest BCUT2D eigenvalue weighted by molar-refractivity contribution is 0.183. The molecule has 0 N–H and O–H groups in total. The van der Waals surface area contributed by atoms with Crippen molar-refractivity contribution >= 4 is 17.3 Å². The van der Waals surface area contributed by atoms with Crippen molar-refractivity contribution in [3.05, 3.63) is 23.5 Å². The summed E-state index contributed by atoms with van der Waals surface area (Å²) in [5.74, 6) is 0.479. The van der Waals surface area contributed by atoms with Crippen LogP contribution < -0.4 is 4.90 Å². The summed E-state index contributed by atoms with van der Waals surface area (Å²) in [5, 5.41) is 0. The number of hydrogen-bond donors (Lipinski definition) is 0. The number of hydrogen-bond acceptors (Lipinski definition) is 3. The second kappa shape index (κ2) is 6.06. The number of halogens is 1. The van der Waals surface area contributed by atoms with E-state index in [0.29, 0.717) is 18.5 Å². The van der Waals surface area contributed by atoms with Gasteiger partial charge in [0.1, 0.15) is 0 Å². The molecule has 0 saturated carbocycles. The van der Waals surface area contributed by atoms with Crippen molar-refractivity contribution in [3.8, 4) is 0 Å². The van der Waals surface area contributed by atoms with E-state index in [2.05, 4.69) is 29.9 Å². The Morgan fingerprint density at radius 3 is 2.81 bits per heavy atom. The van der Waals surface area contributed by atoms with Crippen LogP contribution in [-0.2, 0) is 10.6 Å². The summed E-state index contributed by atoms with van der Waals surface area (Å²) in [6.07, 6.45) is 1.84. The second-order valence-electron chi connectivity index (χ2n) is 4.00. The normalized spacial score (nSPS) is 12.6. The van der Waals surface area contributed by atoms with Crippen molar-refractivity contribution in [2.24, 2.45) is 0 Å². The Balaban J connectivity index is 2.96. The highest BCUT2D eigenvalue weighted by molar-refractivity contribution is 6.17. The second-order valence-corrected chi connectivity index (χ2v) is 4.27. The molecule has 4 heteroatoms. The number of nitrogens with zero attached hydrogens (tertiary/aromatic N) is 2. The number of alkyl halides is 1. The van der Waals surface area contributed by atoms with Crippen LogP contribution in [0.5, 0.6) is 0 Å². The van der Waals surface area contributed by atoms with Gasteiger partial charge in [0.15, 0.2) is 0 Å². The number of anilines is 1. The Labute approximate surface area is 102 Å². The smallest absolute Gasteiger partial charge is 0.0663 e. The zero-order valence-electron chi connectivity index (χ0n) is 10.3. The third-order valence-corrected chi connectivity index (χ3v) is 2.98. The third-order valence-electron chi connectivity index (χ3n) is 2.69. The minimum Gasteiger partial charge on any atom is -0.383 e. The summed E-state index contributed by atoms with van der Waals surface area (Å²) < 4.78 is 5.16. The van der Waals surface area contributed by atoms with Crippen molar-refractivity contribution < 1.29 is 4.74 Å². The lowest BCUT2D eigenvalue weighted by Crippen LogP contribution is -2.33. The number of pyridine rings is 1. The number of ether oxygens (including phenoxy) is 1. The zero-order valence-corrected chi connectivity index (χ0v) is 11.1. The highest BCUT2D eigenvalue weighted by Crippen LogP contribution is 2.23. The first-order valence-electron chi connectivity index (χ1n) is 5.33. The molecule has 1 aromatic heterocycles. The van der Waals surface area contributed by atoms with Gasteiger partial charge in [-0.25, -0.2) is 0 Å². The maximum absolute atomic E-state index is 5.91. The largest absolute Gasteiger partial charge is 0.383 e. The maximum Gasteiger partial charge on any atom is 0.0663 e. The summed E-state index contributed by atoms with van der Waals surface area (Å²) in [4.78, 5) is 6.43. The molecule has 0 aliphatic carbocycles. The average molecular weight is 243 g/mol. The first-order valence-corrected chi connectivity index (χ1v) is 5.86. The minimum absolute atomic E-state index is 0.314. The molecule has 90 valence electrons. The summed E-state index contributed by atoms with van der Waals surface area (Å²) in [5.41, 5.74) is 3.19. The Hall–Kier alpha value is -0.800. The van der Waals surface area contributed by atoms with E-state index in [1.165, 1.54) is 0 Å². The van der Waals surface area contributed by atoms with E-state index in [-0.39, 0.29) is 0 Å². The molecule has 0 radical (unpaired) electrons. The van der Waals surface area contributed by atoms with E-state index in [1.807, 2.05) is 13.1 Å². The Bertz CT molecular complexity index is 344. The summed E-state index contributed by atoms with van der Waals surface area (Å²) in [6, 6.07) is 2.37. The van der Waals surface area contributed by atoms with Crippen molar-refractivity contribution in [3.63, 3.8) is 0 Å². The van der Waals surface area contributed by atoms with Gasteiger partial charge in [-0.1, -0.05) is 0 Å². The zero-order chi connectivity index (χ0) is 12.1. The summed E-state index contributed by atoms with van der Waals surface area (Å²) in [7, 11) is 3.76. The van der Waals surface area contributed by atoms with E-state index >= 15 is 0 Å². The molecule has 1 rings (SSSR count). The molecule has 0 fully saturated rings. The molecule has 0 aromatic carbocycles. The van der Waals surface area contributed by atoms with Gasteiger partial charge in [0.2, 0.25) is 0 Å². The van der Waals surface area contributed by atoms with Gasteiger partial charge in [0.25, 0.3) is 0 Å². The van der Waals surface area contributed by atoms with Crippen LogP contribution in [0, 0.1) is 6.92 Å². The van der Waals surface area contributed by atoms with Gasteiger partial charge >= 0.3 is 0 Å². The average Bonchev–Trinajstić information content (AvgIpc) is 2.28. The fourth-order valence-electron chi connectivity index (χ4n) is 1.60. The number of aromatic nitrogens is 1. The topological polar surface area (TPSA) is 25.4 Å². The van der Waals surface area contributed by atoms with Gasteiger partial charge < -0.3 is 9.64 Å². The number of methoxy groups -OCH3 is 1. The Morgan fingerprint density at radius 1 is 1.56 bits per heavy atom. The molecule has 1 heterocycles. The van der Waals surface area contributed by atoms with Gasteiger partial charge in [-0.05, 0) is 19.9 Å². The molecule has 0 bridgehead atoms. The quantitative estimate of drug-likeness (QED) is 0.743.